The van der Waals surface area contributed by atoms with E-state index in [0.29, 0.717) is 0 Å². The van der Waals surface area contributed by atoms with Crippen molar-refractivity contribution >= 4 is 0 Å². The van der Waals surface area contributed by atoms with E-state index in [1.165, 1.54) is 11.1 Å². The van der Waals surface area contributed by atoms with E-state index in [4.69, 9.17) is 5.26 Å². The standard InChI is InChI=1S/C15H13N/c1-11-6-5-9-14(12(11)2)15-8-4-3-7-13(15)10-16/h3-9H,1-2H3. The first kappa shape index (κ1) is 10.4. The summed E-state index contributed by atoms with van der Waals surface area (Å²) in [4.78, 5) is 0. The lowest BCUT2D eigenvalue weighted by molar-refractivity contribution is 1.34. The van der Waals surface area contributed by atoms with Crippen LogP contribution in [-0.2, 0) is 0 Å². The minimum atomic E-state index is 0.733. The van der Waals surface area contributed by atoms with Gasteiger partial charge in [0.15, 0.2) is 0 Å². The molecule has 0 amide bonds. The van der Waals surface area contributed by atoms with Crippen molar-refractivity contribution in [3.63, 3.8) is 0 Å². The summed E-state index contributed by atoms with van der Waals surface area (Å²) in [6, 6.07) is 16.2. The van der Waals surface area contributed by atoms with Gasteiger partial charge in [0.2, 0.25) is 0 Å². The molecule has 0 aliphatic heterocycles. The molecule has 1 heteroatoms. The van der Waals surface area contributed by atoms with E-state index in [2.05, 4.69) is 32.0 Å². The van der Waals surface area contributed by atoms with Crippen LogP contribution in [0.1, 0.15) is 16.7 Å². The Hall–Kier alpha value is -2.07. The third-order valence-corrected chi connectivity index (χ3v) is 2.94. The second-order valence-corrected chi connectivity index (χ2v) is 3.90. The molecule has 0 radical (unpaired) electrons. The van der Waals surface area contributed by atoms with Gasteiger partial charge < -0.3 is 0 Å². The van der Waals surface area contributed by atoms with Crippen LogP contribution in [0.3, 0.4) is 0 Å². The van der Waals surface area contributed by atoms with Gasteiger partial charge in [-0.3, -0.25) is 0 Å². The molecule has 0 aliphatic carbocycles. The highest BCUT2D eigenvalue weighted by Gasteiger charge is 2.07. The summed E-state index contributed by atoms with van der Waals surface area (Å²) in [5, 5.41) is 9.09. The normalized spacial score (nSPS) is 9.81. The minimum Gasteiger partial charge on any atom is -0.192 e. The predicted octanol–water partition coefficient (Wildman–Crippen LogP) is 3.84. The molecule has 78 valence electrons. The molecule has 1 nitrogen and oxygen atoms in total. The summed E-state index contributed by atoms with van der Waals surface area (Å²) >= 11 is 0. The Kier molecular flexibility index (Phi) is 2.74. The first-order valence-electron chi connectivity index (χ1n) is 5.29. The van der Waals surface area contributed by atoms with Crippen molar-refractivity contribution in [3.05, 3.63) is 59.2 Å². The highest BCUT2D eigenvalue weighted by molar-refractivity contribution is 5.73. The fourth-order valence-corrected chi connectivity index (χ4v) is 1.86. The molecule has 2 aromatic carbocycles. The van der Waals surface area contributed by atoms with Crippen molar-refractivity contribution in [1.29, 1.82) is 5.26 Å². The molecular formula is C15H13N. The first-order chi connectivity index (χ1) is 7.74. The molecule has 0 unspecified atom stereocenters. The van der Waals surface area contributed by atoms with Gasteiger partial charge in [0, 0.05) is 0 Å². The number of rotatable bonds is 1. The number of nitriles is 1. The number of hydrogen-bond donors (Lipinski definition) is 0. The van der Waals surface area contributed by atoms with Crippen molar-refractivity contribution in [2.75, 3.05) is 0 Å². The fourth-order valence-electron chi connectivity index (χ4n) is 1.86. The fraction of sp³-hybridized carbons (Fsp3) is 0.133. The largest absolute Gasteiger partial charge is 0.192 e. The van der Waals surface area contributed by atoms with Crippen LogP contribution in [0.2, 0.25) is 0 Å². The van der Waals surface area contributed by atoms with E-state index in [-0.39, 0.29) is 0 Å². The van der Waals surface area contributed by atoms with Gasteiger partial charge in [0.1, 0.15) is 0 Å². The number of nitrogens with zero attached hydrogens (tertiary/aromatic N) is 1. The van der Waals surface area contributed by atoms with Crippen LogP contribution < -0.4 is 0 Å². The SMILES string of the molecule is Cc1cccc(-c2ccccc2C#N)c1C. The van der Waals surface area contributed by atoms with Gasteiger partial charge in [-0.1, -0.05) is 36.4 Å². The van der Waals surface area contributed by atoms with Crippen LogP contribution in [0, 0.1) is 25.2 Å². The Morgan fingerprint density at radius 3 is 2.31 bits per heavy atom. The monoisotopic (exact) mass is 207 g/mol. The number of hydrogen-bond acceptors (Lipinski definition) is 1. The van der Waals surface area contributed by atoms with Crippen LogP contribution in [0.4, 0.5) is 0 Å². The minimum absolute atomic E-state index is 0.733. The lowest BCUT2D eigenvalue weighted by Gasteiger charge is -2.09. The maximum Gasteiger partial charge on any atom is 0.0998 e. The van der Waals surface area contributed by atoms with E-state index in [1.807, 2.05) is 30.3 Å². The summed E-state index contributed by atoms with van der Waals surface area (Å²) in [6.45, 7) is 4.19. The van der Waals surface area contributed by atoms with Crippen molar-refractivity contribution < 1.29 is 0 Å². The zero-order valence-corrected chi connectivity index (χ0v) is 9.49. The second kappa shape index (κ2) is 4.20. The van der Waals surface area contributed by atoms with Gasteiger partial charge in [-0.05, 0) is 42.2 Å². The third kappa shape index (κ3) is 1.70. The first-order valence-corrected chi connectivity index (χ1v) is 5.29. The smallest absolute Gasteiger partial charge is 0.0998 e. The molecule has 0 heterocycles. The molecule has 2 rings (SSSR count). The van der Waals surface area contributed by atoms with Crippen molar-refractivity contribution in [1.82, 2.24) is 0 Å². The summed E-state index contributed by atoms with van der Waals surface area (Å²) < 4.78 is 0. The lowest BCUT2D eigenvalue weighted by Crippen LogP contribution is -1.89. The van der Waals surface area contributed by atoms with E-state index in [1.54, 1.807) is 0 Å². The van der Waals surface area contributed by atoms with Gasteiger partial charge in [-0.15, -0.1) is 0 Å². The van der Waals surface area contributed by atoms with Crippen LogP contribution in [0.15, 0.2) is 42.5 Å². The average molecular weight is 207 g/mol. The molecule has 0 fully saturated rings. The Bertz CT molecular complexity index is 562. The average Bonchev–Trinajstić information content (AvgIpc) is 2.33. The second-order valence-electron chi connectivity index (χ2n) is 3.90. The molecule has 0 aliphatic rings. The molecule has 0 atom stereocenters. The lowest BCUT2D eigenvalue weighted by atomic mass is 9.94. The molecule has 0 spiro atoms. The van der Waals surface area contributed by atoms with E-state index in [9.17, 15) is 0 Å². The molecule has 0 aromatic heterocycles. The van der Waals surface area contributed by atoms with E-state index < -0.39 is 0 Å². The van der Waals surface area contributed by atoms with Crippen molar-refractivity contribution in [2.24, 2.45) is 0 Å². The predicted molar refractivity (Wildman–Crippen MR) is 66.1 cm³/mol. The summed E-state index contributed by atoms with van der Waals surface area (Å²) in [7, 11) is 0. The van der Waals surface area contributed by atoms with Gasteiger partial charge >= 0.3 is 0 Å². The van der Waals surface area contributed by atoms with E-state index in [0.717, 1.165) is 16.7 Å². The third-order valence-electron chi connectivity index (χ3n) is 2.94. The van der Waals surface area contributed by atoms with E-state index >= 15 is 0 Å². The highest BCUT2D eigenvalue weighted by atomic mass is 14.2. The summed E-state index contributed by atoms with van der Waals surface area (Å²) in [5.74, 6) is 0. The maximum absolute atomic E-state index is 9.09. The number of benzene rings is 2. The van der Waals surface area contributed by atoms with Gasteiger partial charge in [-0.2, -0.15) is 5.26 Å². The van der Waals surface area contributed by atoms with Crippen molar-refractivity contribution in [2.45, 2.75) is 13.8 Å². The zero-order valence-electron chi connectivity index (χ0n) is 9.49. The molecule has 2 aromatic rings. The van der Waals surface area contributed by atoms with Crippen LogP contribution in [-0.4, -0.2) is 0 Å². The van der Waals surface area contributed by atoms with Gasteiger partial charge in [0.05, 0.1) is 11.6 Å². The Morgan fingerprint density at radius 2 is 1.56 bits per heavy atom. The van der Waals surface area contributed by atoms with Crippen LogP contribution >= 0.6 is 0 Å². The zero-order chi connectivity index (χ0) is 11.5. The summed E-state index contributed by atoms with van der Waals surface area (Å²) in [5.41, 5.74) is 5.40. The topological polar surface area (TPSA) is 23.8 Å². The van der Waals surface area contributed by atoms with Crippen LogP contribution in [0.5, 0.6) is 0 Å². The Labute approximate surface area is 96.0 Å². The molecule has 0 saturated heterocycles. The van der Waals surface area contributed by atoms with Crippen molar-refractivity contribution in [3.8, 4) is 17.2 Å². The molecule has 0 N–H and O–H groups in total. The van der Waals surface area contributed by atoms with Crippen LogP contribution in [0.25, 0.3) is 11.1 Å². The maximum atomic E-state index is 9.09. The molecule has 16 heavy (non-hydrogen) atoms. The Morgan fingerprint density at radius 1 is 0.875 bits per heavy atom. The molecule has 0 saturated carbocycles. The Balaban J connectivity index is 2.69. The highest BCUT2D eigenvalue weighted by Crippen LogP contribution is 2.27. The number of aryl methyl sites for hydroxylation is 1. The quantitative estimate of drug-likeness (QED) is 0.697. The van der Waals surface area contributed by atoms with Gasteiger partial charge in [-0.25, -0.2) is 0 Å². The summed E-state index contributed by atoms with van der Waals surface area (Å²) in [6.07, 6.45) is 0. The molecule has 0 bridgehead atoms. The molecular weight excluding hydrogens is 194 g/mol. The van der Waals surface area contributed by atoms with Gasteiger partial charge in [0.25, 0.3) is 0 Å².